The van der Waals surface area contributed by atoms with Crippen LogP contribution in [0.25, 0.3) is 0 Å². The van der Waals surface area contributed by atoms with Gasteiger partial charge in [0, 0.05) is 16.9 Å². The summed E-state index contributed by atoms with van der Waals surface area (Å²) < 4.78 is 6.47. The van der Waals surface area contributed by atoms with Crippen LogP contribution in [-0.4, -0.2) is 43.8 Å². The van der Waals surface area contributed by atoms with Crippen LogP contribution in [0.15, 0.2) is 0 Å². The first kappa shape index (κ1) is 16.7. The Morgan fingerprint density at radius 3 is 2.28 bits per heavy atom. The summed E-state index contributed by atoms with van der Waals surface area (Å²) in [6.45, 7) is 15.9. The van der Waals surface area contributed by atoms with Crippen LogP contribution < -0.4 is 0 Å². The fourth-order valence-electron chi connectivity index (χ4n) is 2.34. The van der Waals surface area contributed by atoms with E-state index in [0.717, 1.165) is 13.2 Å². The van der Waals surface area contributed by atoms with E-state index in [1.54, 1.807) is 0 Å². The average Bonchev–Trinajstić information content (AvgIpc) is 2.50. The molecule has 108 valence electrons. The minimum Gasteiger partial charge on any atom is -0.415 e. The van der Waals surface area contributed by atoms with Crippen molar-refractivity contribution in [3.63, 3.8) is 0 Å². The van der Waals surface area contributed by atoms with Gasteiger partial charge in [0.25, 0.3) is 0 Å². The number of hydrogen-bond acceptors (Lipinski definition) is 2. The van der Waals surface area contributed by atoms with Gasteiger partial charge in [-0.3, -0.25) is 4.90 Å². The Morgan fingerprint density at radius 2 is 1.94 bits per heavy atom. The van der Waals surface area contributed by atoms with E-state index in [4.69, 9.17) is 4.43 Å². The quantitative estimate of drug-likeness (QED) is 0.562. The Labute approximate surface area is 123 Å². The molecule has 1 saturated heterocycles. The maximum absolute atomic E-state index is 6.47. The van der Waals surface area contributed by atoms with Crippen molar-refractivity contribution in [3.05, 3.63) is 0 Å². The van der Waals surface area contributed by atoms with Crippen LogP contribution in [0.1, 0.15) is 40.5 Å². The first-order chi connectivity index (χ1) is 8.04. The molecule has 0 aliphatic carbocycles. The summed E-state index contributed by atoms with van der Waals surface area (Å²) in [6.07, 6.45) is 2.37. The van der Waals surface area contributed by atoms with Crippen molar-refractivity contribution >= 4 is 24.2 Å². The molecule has 0 bridgehead atoms. The minimum atomic E-state index is -1.63. The van der Waals surface area contributed by atoms with E-state index in [0.29, 0.717) is 9.87 Å². The highest BCUT2D eigenvalue weighted by molar-refractivity contribution is 9.09. The zero-order chi connectivity index (χ0) is 14.2. The molecule has 2 unspecified atom stereocenters. The van der Waals surface area contributed by atoms with Gasteiger partial charge in [-0.25, -0.2) is 0 Å². The van der Waals surface area contributed by atoms with Gasteiger partial charge in [0.05, 0.1) is 6.61 Å². The number of halogens is 1. The van der Waals surface area contributed by atoms with Crippen molar-refractivity contribution in [1.82, 2.24) is 4.90 Å². The molecule has 0 saturated carbocycles. The van der Waals surface area contributed by atoms with Gasteiger partial charge in [0.15, 0.2) is 8.32 Å². The Balaban J connectivity index is 2.72. The summed E-state index contributed by atoms with van der Waals surface area (Å²) in [6, 6.07) is 0. The molecular weight excluding hydrogens is 306 g/mol. The van der Waals surface area contributed by atoms with Gasteiger partial charge < -0.3 is 4.43 Å². The third-order valence-corrected chi connectivity index (χ3v) is 10.1. The molecule has 4 heteroatoms. The summed E-state index contributed by atoms with van der Waals surface area (Å²) in [5.74, 6) is 0. The lowest BCUT2D eigenvalue weighted by Crippen LogP contribution is -2.50. The maximum atomic E-state index is 6.47. The largest absolute Gasteiger partial charge is 0.415 e. The number of hydrogen-bond donors (Lipinski definition) is 0. The SMILES string of the molecule is CCC1(CO[Si](C)(C)C(C)(C)C)CC(Br)CN1C. The van der Waals surface area contributed by atoms with E-state index in [1.165, 1.54) is 12.8 Å². The highest BCUT2D eigenvalue weighted by Crippen LogP contribution is 2.40. The number of likely N-dealkylation sites (tertiary alicyclic amines) is 1. The van der Waals surface area contributed by atoms with E-state index >= 15 is 0 Å². The number of nitrogens with zero attached hydrogens (tertiary/aromatic N) is 1. The summed E-state index contributed by atoms with van der Waals surface area (Å²) in [7, 11) is 0.607. The first-order valence-electron chi connectivity index (χ1n) is 7.03. The summed E-state index contributed by atoms with van der Waals surface area (Å²) >= 11 is 3.77. The lowest BCUT2D eigenvalue weighted by Gasteiger charge is -2.42. The number of rotatable bonds is 4. The molecule has 18 heavy (non-hydrogen) atoms. The highest BCUT2D eigenvalue weighted by Gasteiger charge is 2.45. The van der Waals surface area contributed by atoms with E-state index in [1.807, 2.05) is 0 Å². The Hall–Kier alpha value is 0.617. The monoisotopic (exact) mass is 335 g/mol. The molecule has 0 spiro atoms. The van der Waals surface area contributed by atoms with Gasteiger partial charge in [-0.15, -0.1) is 0 Å². The van der Waals surface area contributed by atoms with Gasteiger partial charge in [-0.1, -0.05) is 43.6 Å². The zero-order valence-corrected chi connectivity index (χ0v) is 15.7. The molecule has 0 aromatic heterocycles. The topological polar surface area (TPSA) is 12.5 Å². The molecule has 1 aliphatic heterocycles. The minimum absolute atomic E-state index is 0.240. The molecule has 0 aromatic rings. The lowest BCUT2D eigenvalue weighted by atomic mass is 9.94. The van der Waals surface area contributed by atoms with E-state index < -0.39 is 8.32 Å². The Morgan fingerprint density at radius 1 is 1.39 bits per heavy atom. The van der Waals surface area contributed by atoms with Crippen molar-refractivity contribution in [1.29, 1.82) is 0 Å². The van der Waals surface area contributed by atoms with Crippen molar-refractivity contribution in [2.45, 2.75) is 69.0 Å². The molecule has 0 aromatic carbocycles. The fourth-order valence-corrected chi connectivity index (χ4v) is 4.44. The second-order valence-corrected chi connectivity index (χ2v) is 13.4. The zero-order valence-electron chi connectivity index (χ0n) is 13.1. The standard InChI is InChI=1S/C14H30BrNOSi/c1-8-14(9-12(15)10-16(14)5)11-17-18(6,7)13(2,3)4/h12H,8-11H2,1-7H3. The smallest absolute Gasteiger partial charge is 0.192 e. The molecule has 1 heterocycles. The van der Waals surface area contributed by atoms with Crippen LogP contribution in [0.3, 0.4) is 0 Å². The molecule has 0 radical (unpaired) electrons. The third kappa shape index (κ3) is 3.38. The highest BCUT2D eigenvalue weighted by atomic mass is 79.9. The molecule has 0 N–H and O–H groups in total. The lowest BCUT2D eigenvalue weighted by molar-refractivity contribution is 0.0855. The summed E-state index contributed by atoms with van der Waals surface area (Å²) in [5, 5.41) is 0.299. The molecular formula is C14H30BrNOSi. The third-order valence-electron chi connectivity index (χ3n) is 5.05. The van der Waals surface area contributed by atoms with Crippen LogP contribution in [0, 0.1) is 0 Å². The normalized spacial score (nSPS) is 31.0. The van der Waals surface area contributed by atoms with Gasteiger partial charge >= 0.3 is 0 Å². The van der Waals surface area contributed by atoms with Crippen LogP contribution in [-0.2, 0) is 4.43 Å². The predicted octanol–water partition coefficient (Wildman–Crippen LogP) is 4.26. The second kappa shape index (κ2) is 5.55. The Kier molecular flexibility index (Phi) is 5.14. The van der Waals surface area contributed by atoms with Crippen molar-refractivity contribution in [2.24, 2.45) is 0 Å². The molecule has 1 fully saturated rings. The average molecular weight is 336 g/mol. The first-order valence-corrected chi connectivity index (χ1v) is 10.9. The molecule has 2 atom stereocenters. The van der Waals surface area contributed by atoms with E-state index in [-0.39, 0.29) is 5.54 Å². The van der Waals surface area contributed by atoms with Crippen LogP contribution >= 0.6 is 15.9 Å². The van der Waals surface area contributed by atoms with Crippen molar-refractivity contribution in [2.75, 3.05) is 20.2 Å². The van der Waals surface area contributed by atoms with Crippen LogP contribution in [0.5, 0.6) is 0 Å². The van der Waals surface area contributed by atoms with Crippen molar-refractivity contribution < 1.29 is 4.43 Å². The number of likely N-dealkylation sites (N-methyl/N-ethyl adjacent to an activating group) is 1. The van der Waals surface area contributed by atoms with E-state index in [2.05, 4.69) is 68.7 Å². The summed E-state index contributed by atoms with van der Waals surface area (Å²) in [4.78, 5) is 3.10. The van der Waals surface area contributed by atoms with Crippen molar-refractivity contribution in [3.8, 4) is 0 Å². The van der Waals surface area contributed by atoms with Gasteiger partial charge in [0.2, 0.25) is 0 Å². The Bertz CT molecular complexity index is 290. The fraction of sp³-hybridized carbons (Fsp3) is 1.00. The number of alkyl halides is 1. The summed E-state index contributed by atoms with van der Waals surface area (Å²) in [5.41, 5.74) is 0.240. The maximum Gasteiger partial charge on any atom is 0.192 e. The van der Waals surface area contributed by atoms with Gasteiger partial charge in [-0.2, -0.15) is 0 Å². The van der Waals surface area contributed by atoms with Gasteiger partial charge in [0.1, 0.15) is 0 Å². The molecule has 1 rings (SSSR count). The van der Waals surface area contributed by atoms with Gasteiger partial charge in [-0.05, 0) is 38.0 Å². The molecule has 0 amide bonds. The molecule has 1 aliphatic rings. The van der Waals surface area contributed by atoms with Crippen LogP contribution in [0.4, 0.5) is 0 Å². The predicted molar refractivity (Wildman–Crippen MR) is 86.1 cm³/mol. The van der Waals surface area contributed by atoms with Crippen LogP contribution in [0.2, 0.25) is 18.1 Å². The second-order valence-electron chi connectivity index (χ2n) is 7.31. The van der Waals surface area contributed by atoms with E-state index in [9.17, 15) is 0 Å². The molecule has 2 nitrogen and oxygen atoms in total.